The van der Waals surface area contributed by atoms with Crippen LogP contribution in [-0.4, -0.2) is 37.5 Å². The maximum Gasteiger partial charge on any atom is 0.363 e. The largest absolute Gasteiger partial charge is 0.462 e. The molecule has 124 valence electrons. The van der Waals surface area contributed by atoms with Crippen LogP contribution in [0, 0.1) is 13.8 Å². The molecule has 1 aromatic heterocycles. The summed E-state index contributed by atoms with van der Waals surface area (Å²) in [7, 11) is -1.35. The number of carbonyl (C=O) groups is 2. The van der Waals surface area contributed by atoms with Crippen LogP contribution < -0.4 is 16.5 Å². The number of ether oxygens (including phenoxy) is 1. The molecule has 0 aliphatic rings. The molecule has 0 saturated carbocycles. The summed E-state index contributed by atoms with van der Waals surface area (Å²) in [6.45, 7) is 4.88. The molecule has 0 atom stereocenters. The SMILES string of the molecule is CCOC(=O)c1c(P(=O)(OC)OC)c(C)n(NC(N)=O)c1C. The van der Waals surface area contributed by atoms with E-state index in [0.717, 1.165) is 0 Å². The molecule has 1 rings (SSSR count). The molecule has 10 heteroatoms. The van der Waals surface area contributed by atoms with Gasteiger partial charge in [-0.25, -0.2) is 15.0 Å². The van der Waals surface area contributed by atoms with E-state index in [2.05, 4.69) is 5.43 Å². The predicted octanol–water partition coefficient (Wildman–Crippen LogP) is 1.02. The lowest BCUT2D eigenvalue weighted by Gasteiger charge is -2.15. The highest BCUT2D eigenvalue weighted by atomic mass is 31.2. The number of primary amides is 1. The van der Waals surface area contributed by atoms with E-state index in [9.17, 15) is 14.2 Å². The quantitative estimate of drug-likeness (QED) is 0.592. The fourth-order valence-corrected chi connectivity index (χ4v) is 3.68. The molecule has 0 fully saturated rings. The van der Waals surface area contributed by atoms with E-state index in [1.807, 2.05) is 0 Å². The van der Waals surface area contributed by atoms with Gasteiger partial charge in [0, 0.05) is 14.2 Å². The van der Waals surface area contributed by atoms with Crippen LogP contribution in [0.3, 0.4) is 0 Å². The van der Waals surface area contributed by atoms with Crippen LogP contribution in [-0.2, 0) is 18.3 Å². The molecule has 0 radical (unpaired) electrons. The molecule has 3 N–H and O–H groups in total. The molecule has 22 heavy (non-hydrogen) atoms. The van der Waals surface area contributed by atoms with Gasteiger partial charge in [-0.3, -0.25) is 9.24 Å². The number of hydrogen-bond acceptors (Lipinski definition) is 6. The average Bonchev–Trinajstić information content (AvgIpc) is 2.71. The topological polar surface area (TPSA) is 122 Å². The summed E-state index contributed by atoms with van der Waals surface area (Å²) in [5, 5.41) is 0.0298. The van der Waals surface area contributed by atoms with Crippen molar-refractivity contribution in [1.82, 2.24) is 4.68 Å². The van der Waals surface area contributed by atoms with Crippen molar-refractivity contribution in [2.45, 2.75) is 20.8 Å². The Morgan fingerprint density at radius 1 is 1.23 bits per heavy atom. The summed E-state index contributed by atoms with van der Waals surface area (Å²) < 4.78 is 28.9. The van der Waals surface area contributed by atoms with E-state index in [1.165, 1.54) is 18.9 Å². The smallest absolute Gasteiger partial charge is 0.363 e. The van der Waals surface area contributed by atoms with Crippen LogP contribution >= 0.6 is 7.60 Å². The second-order valence-electron chi connectivity index (χ2n) is 4.29. The minimum atomic E-state index is -3.75. The number of hydrogen-bond donors (Lipinski definition) is 2. The lowest BCUT2D eigenvalue weighted by molar-refractivity contribution is 0.0526. The van der Waals surface area contributed by atoms with Gasteiger partial charge in [-0.15, -0.1) is 0 Å². The summed E-state index contributed by atoms with van der Waals surface area (Å²) in [5.74, 6) is -0.697. The summed E-state index contributed by atoms with van der Waals surface area (Å²) in [4.78, 5) is 23.3. The highest BCUT2D eigenvalue weighted by molar-refractivity contribution is 7.62. The predicted molar refractivity (Wildman–Crippen MR) is 80.1 cm³/mol. The number of carbonyl (C=O) groups excluding carboxylic acids is 2. The second-order valence-corrected chi connectivity index (χ2v) is 6.46. The number of nitrogens with one attached hydrogen (secondary N) is 1. The Balaban J connectivity index is 3.68. The number of rotatable bonds is 6. The van der Waals surface area contributed by atoms with Gasteiger partial charge in [0.25, 0.3) is 0 Å². The number of nitrogens with two attached hydrogens (primary N) is 1. The summed E-state index contributed by atoms with van der Waals surface area (Å²) in [6.07, 6.45) is 0. The molecule has 2 amide bonds. The van der Waals surface area contributed by atoms with Crippen LogP contribution in [0.4, 0.5) is 4.79 Å². The van der Waals surface area contributed by atoms with Crippen molar-refractivity contribution in [3.63, 3.8) is 0 Å². The number of esters is 1. The van der Waals surface area contributed by atoms with Gasteiger partial charge in [0.2, 0.25) is 0 Å². The summed E-state index contributed by atoms with van der Waals surface area (Å²) in [6, 6.07) is -0.840. The minimum Gasteiger partial charge on any atom is -0.462 e. The minimum absolute atomic E-state index is 0.0140. The first-order chi connectivity index (χ1) is 10.2. The first-order valence-electron chi connectivity index (χ1n) is 6.41. The van der Waals surface area contributed by atoms with Crippen molar-refractivity contribution >= 4 is 24.9 Å². The molecule has 1 aromatic rings. The fourth-order valence-electron chi connectivity index (χ4n) is 2.14. The average molecular weight is 333 g/mol. The van der Waals surface area contributed by atoms with Crippen molar-refractivity contribution in [3.05, 3.63) is 17.0 Å². The van der Waals surface area contributed by atoms with Crippen molar-refractivity contribution in [3.8, 4) is 0 Å². The maximum absolute atomic E-state index is 12.7. The van der Waals surface area contributed by atoms with Crippen LogP contribution in [0.2, 0.25) is 0 Å². The van der Waals surface area contributed by atoms with Crippen molar-refractivity contribution in [2.24, 2.45) is 5.73 Å². The highest BCUT2D eigenvalue weighted by Crippen LogP contribution is 2.48. The van der Waals surface area contributed by atoms with Gasteiger partial charge in [-0.1, -0.05) is 0 Å². The summed E-state index contributed by atoms with van der Waals surface area (Å²) in [5.41, 5.74) is 8.06. The van der Waals surface area contributed by atoms with E-state index >= 15 is 0 Å². The molecule has 0 aliphatic heterocycles. The van der Waals surface area contributed by atoms with Crippen molar-refractivity contribution in [2.75, 3.05) is 26.3 Å². The van der Waals surface area contributed by atoms with Crippen LogP contribution in [0.15, 0.2) is 0 Å². The highest BCUT2D eigenvalue weighted by Gasteiger charge is 2.38. The van der Waals surface area contributed by atoms with Gasteiger partial charge in [0.1, 0.15) is 5.30 Å². The molecular formula is C12H20N3O6P. The molecule has 0 spiro atoms. The lowest BCUT2D eigenvalue weighted by Crippen LogP contribution is -2.30. The Morgan fingerprint density at radius 3 is 2.18 bits per heavy atom. The van der Waals surface area contributed by atoms with E-state index in [4.69, 9.17) is 19.5 Å². The molecule has 0 saturated heterocycles. The van der Waals surface area contributed by atoms with E-state index < -0.39 is 19.6 Å². The Bertz CT molecular complexity index is 631. The molecule has 0 aliphatic carbocycles. The van der Waals surface area contributed by atoms with E-state index in [1.54, 1.807) is 20.8 Å². The third kappa shape index (κ3) is 3.16. The van der Waals surface area contributed by atoms with Crippen LogP contribution in [0.1, 0.15) is 28.7 Å². The molecule has 0 bridgehead atoms. The first-order valence-corrected chi connectivity index (χ1v) is 7.95. The molecule has 1 heterocycles. The molecular weight excluding hydrogens is 313 g/mol. The van der Waals surface area contributed by atoms with Gasteiger partial charge < -0.3 is 19.5 Å². The molecule has 0 unspecified atom stereocenters. The van der Waals surface area contributed by atoms with Crippen LogP contribution in [0.25, 0.3) is 0 Å². The van der Waals surface area contributed by atoms with Gasteiger partial charge in [0.15, 0.2) is 0 Å². The first kappa shape index (κ1) is 18.2. The molecule has 0 aromatic carbocycles. The Labute approximate surface area is 128 Å². The third-order valence-corrected chi connectivity index (χ3v) is 5.12. The molecule has 9 nitrogen and oxygen atoms in total. The zero-order chi connectivity index (χ0) is 17.1. The van der Waals surface area contributed by atoms with Gasteiger partial charge in [-0.2, -0.15) is 0 Å². The van der Waals surface area contributed by atoms with E-state index in [-0.39, 0.29) is 17.5 Å². The zero-order valence-electron chi connectivity index (χ0n) is 13.1. The fraction of sp³-hybridized carbons (Fsp3) is 0.500. The summed E-state index contributed by atoms with van der Waals surface area (Å²) >= 11 is 0. The Morgan fingerprint density at radius 2 is 1.77 bits per heavy atom. The standard InChI is InChI=1S/C12H20N3O6P/c1-6-21-11(16)9-7(2)15(14-12(13)17)8(3)10(9)22(18,19-4)20-5/h6H2,1-5H3,(H3,13,14,17). The maximum atomic E-state index is 12.7. The van der Waals surface area contributed by atoms with Crippen LogP contribution in [0.5, 0.6) is 0 Å². The van der Waals surface area contributed by atoms with Gasteiger partial charge in [0.05, 0.1) is 23.6 Å². The number of nitrogens with zero attached hydrogens (tertiary/aromatic N) is 1. The second kappa shape index (κ2) is 6.95. The van der Waals surface area contributed by atoms with Gasteiger partial charge >= 0.3 is 19.6 Å². The monoisotopic (exact) mass is 333 g/mol. The van der Waals surface area contributed by atoms with Crippen molar-refractivity contribution < 1.29 is 27.9 Å². The van der Waals surface area contributed by atoms with Crippen molar-refractivity contribution in [1.29, 1.82) is 0 Å². The lowest BCUT2D eigenvalue weighted by atomic mass is 10.2. The zero-order valence-corrected chi connectivity index (χ0v) is 14.0. The number of urea groups is 1. The number of amides is 2. The normalized spacial score (nSPS) is 11.3. The Kier molecular flexibility index (Phi) is 5.76. The Hall–Kier alpha value is -1.83. The van der Waals surface area contributed by atoms with E-state index in [0.29, 0.717) is 11.4 Å². The third-order valence-electron chi connectivity index (χ3n) is 3.07. The van der Waals surface area contributed by atoms with Gasteiger partial charge in [-0.05, 0) is 20.8 Å². The number of aromatic nitrogens is 1.